The number of nitrogens with one attached hydrogen (secondary N) is 1. The predicted molar refractivity (Wildman–Crippen MR) is 94.8 cm³/mol. The van der Waals surface area contributed by atoms with E-state index in [4.69, 9.17) is 0 Å². The maximum absolute atomic E-state index is 14.0. The lowest BCUT2D eigenvalue weighted by Gasteiger charge is -2.24. The van der Waals surface area contributed by atoms with Crippen molar-refractivity contribution in [3.05, 3.63) is 60.1 Å². The summed E-state index contributed by atoms with van der Waals surface area (Å²) in [4.78, 5) is 20.9. The van der Waals surface area contributed by atoms with Gasteiger partial charge in [0, 0.05) is 49.2 Å². The number of halogens is 2. The summed E-state index contributed by atoms with van der Waals surface area (Å²) in [5, 5.41) is 3.03. The van der Waals surface area contributed by atoms with Gasteiger partial charge in [0.25, 0.3) is 0 Å². The van der Waals surface area contributed by atoms with Crippen molar-refractivity contribution >= 4 is 5.91 Å². The van der Waals surface area contributed by atoms with Crippen LogP contribution in [-0.2, 0) is 24.3 Å². The quantitative estimate of drug-likeness (QED) is 0.766. The van der Waals surface area contributed by atoms with E-state index in [9.17, 15) is 13.6 Å². The van der Waals surface area contributed by atoms with Crippen molar-refractivity contribution in [2.24, 2.45) is 0 Å². The Bertz CT molecular complexity index is 994. The van der Waals surface area contributed by atoms with Crippen LogP contribution < -0.4 is 5.32 Å². The molecule has 140 valence electrons. The van der Waals surface area contributed by atoms with E-state index in [1.165, 1.54) is 12.1 Å². The van der Waals surface area contributed by atoms with Crippen LogP contribution in [0.2, 0.25) is 0 Å². The molecule has 8 heteroatoms. The zero-order chi connectivity index (χ0) is 19.0. The molecule has 1 N–H and O–H groups in total. The van der Waals surface area contributed by atoms with E-state index in [2.05, 4.69) is 15.3 Å². The second-order valence-corrected chi connectivity index (χ2v) is 6.72. The van der Waals surface area contributed by atoms with Gasteiger partial charge in [-0.2, -0.15) is 0 Å². The van der Waals surface area contributed by atoms with Crippen LogP contribution in [0.3, 0.4) is 0 Å². The van der Waals surface area contributed by atoms with E-state index in [-0.39, 0.29) is 24.1 Å². The Morgan fingerprint density at radius 3 is 2.96 bits per heavy atom. The minimum Gasteiger partial charge on any atom is -0.350 e. The Hall–Kier alpha value is -3.03. The molecule has 1 amide bonds. The molecule has 0 radical (unpaired) electrons. The maximum atomic E-state index is 14.0. The monoisotopic (exact) mass is 371 g/mol. The smallest absolute Gasteiger partial charge is 0.240 e. The predicted octanol–water partition coefficient (Wildman–Crippen LogP) is 2.46. The summed E-state index contributed by atoms with van der Waals surface area (Å²) >= 11 is 0. The van der Waals surface area contributed by atoms with Crippen molar-refractivity contribution in [2.75, 3.05) is 0 Å². The lowest BCUT2D eigenvalue weighted by Crippen LogP contribution is -2.42. The van der Waals surface area contributed by atoms with Gasteiger partial charge in [0.2, 0.25) is 5.91 Å². The zero-order valence-electron chi connectivity index (χ0n) is 14.8. The fraction of sp³-hybridized carbons (Fsp3) is 0.316. The van der Waals surface area contributed by atoms with E-state index in [1.807, 2.05) is 11.5 Å². The SMILES string of the molecule is Cc1nccn1CC(=O)NC1CCc2nc(-c3ccc(F)cc3F)cn2C1. The van der Waals surface area contributed by atoms with Crippen LogP contribution in [0.4, 0.5) is 8.78 Å². The average molecular weight is 371 g/mol. The Morgan fingerprint density at radius 2 is 2.22 bits per heavy atom. The summed E-state index contributed by atoms with van der Waals surface area (Å²) in [5.41, 5.74) is 0.748. The largest absolute Gasteiger partial charge is 0.350 e. The molecule has 2 aromatic heterocycles. The number of carbonyl (C=O) groups excluding carboxylic acids is 1. The summed E-state index contributed by atoms with van der Waals surface area (Å²) in [6.45, 7) is 2.65. The summed E-state index contributed by atoms with van der Waals surface area (Å²) in [6, 6.07) is 3.45. The second-order valence-electron chi connectivity index (χ2n) is 6.72. The molecule has 1 aromatic carbocycles. The van der Waals surface area contributed by atoms with Crippen molar-refractivity contribution in [1.82, 2.24) is 24.4 Å². The Labute approximate surface area is 154 Å². The number of hydrogen-bond acceptors (Lipinski definition) is 3. The van der Waals surface area contributed by atoms with Crippen molar-refractivity contribution in [3.8, 4) is 11.3 Å². The molecule has 4 rings (SSSR count). The second kappa shape index (κ2) is 6.94. The van der Waals surface area contributed by atoms with Gasteiger partial charge >= 0.3 is 0 Å². The minimum absolute atomic E-state index is 0.0195. The van der Waals surface area contributed by atoms with Gasteiger partial charge < -0.3 is 14.5 Å². The number of hydrogen-bond donors (Lipinski definition) is 1. The molecular weight excluding hydrogens is 352 g/mol. The molecule has 1 aliphatic heterocycles. The molecule has 6 nitrogen and oxygen atoms in total. The van der Waals surface area contributed by atoms with Gasteiger partial charge in [0.05, 0.1) is 5.69 Å². The van der Waals surface area contributed by atoms with Crippen LogP contribution in [-0.4, -0.2) is 31.1 Å². The van der Waals surface area contributed by atoms with Crippen molar-refractivity contribution in [3.63, 3.8) is 0 Å². The summed E-state index contributed by atoms with van der Waals surface area (Å²) in [5.74, 6) is 0.304. The number of aromatic nitrogens is 4. The molecule has 1 unspecified atom stereocenters. The number of benzene rings is 1. The highest BCUT2D eigenvalue weighted by atomic mass is 19.1. The molecule has 0 bridgehead atoms. The fourth-order valence-corrected chi connectivity index (χ4v) is 3.39. The molecular formula is C19H19F2N5O. The third-order valence-electron chi connectivity index (χ3n) is 4.80. The van der Waals surface area contributed by atoms with Crippen LogP contribution in [0.25, 0.3) is 11.3 Å². The highest BCUT2D eigenvalue weighted by Gasteiger charge is 2.23. The molecule has 1 atom stereocenters. The lowest BCUT2D eigenvalue weighted by molar-refractivity contribution is -0.122. The molecule has 27 heavy (non-hydrogen) atoms. The standard InChI is InChI=1S/C19H19F2N5O/c1-12-22-6-7-25(12)11-19(27)23-14-3-5-18-24-17(10-26(18)9-14)15-4-2-13(20)8-16(15)21/h2,4,6-8,10,14H,3,5,9,11H2,1H3,(H,23,27). The molecule has 0 aliphatic carbocycles. The van der Waals surface area contributed by atoms with Gasteiger partial charge in [0.1, 0.15) is 29.8 Å². The molecule has 3 aromatic rings. The molecule has 0 saturated heterocycles. The van der Waals surface area contributed by atoms with Gasteiger partial charge in [-0.25, -0.2) is 18.7 Å². The van der Waals surface area contributed by atoms with Crippen molar-refractivity contribution in [1.29, 1.82) is 0 Å². The van der Waals surface area contributed by atoms with Crippen LogP contribution in [0.5, 0.6) is 0 Å². The van der Waals surface area contributed by atoms with E-state index < -0.39 is 11.6 Å². The van der Waals surface area contributed by atoms with Gasteiger partial charge in [-0.05, 0) is 25.5 Å². The van der Waals surface area contributed by atoms with E-state index in [1.54, 1.807) is 23.2 Å². The summed E-state index contributed by atoms with van der Waals surface area (Å²) < 4.78 is 30.8. The first-order chi connectivity index (χ1) is 13.0. The highest BCUT2D eigenvalue weighted by Crippen LogP contribution is 2.25. The highest BCUT2D eigenvalue weighted by molar-refractivity contribution is 5.76. The van der Waals surface area contributed by atoms with Crippen LogP contribution >= 0.6 is 0 Å². The van der Waals surface area contributed by atoms with E-state index in [0.29, 0.717) is 18.7 Å². The third-order valence-corrected chi connectivity index (χ3v) is 4.80. The van der Waals surface area contributed by atoms with Gasteiger partial charge in [-0.3, -0.25) is 4.79 Å². The van der Waals surface area contributed by atoms with Crippen molar-refractivity contribution < 1.29 is 13.6 Å². The zero-order valence-corrected chi connectivity index (χ0v) is 14.8. The van der Waals surface area contributed by atoms with E-state index >= 15 is 0 Å². The number of imidazole rings is 2. The molecule has 0 saturated carbocycles. The lowest BCUT2D eigenvalue weighted by atomic mass is 10.1. The number of carbonyl (C=O) groups is 1. The third kappa shape index (κ3) is 3.60. The van der Waals surface area contributed by atoms with Crippen LogP contribution in [0.1, 0.15) is 18.1 Å². The first-order valence-corrected chi connectivity index (χ1v) is 8.78. The maximum Gasteiger partial charge on any atom is 0.240 e. The normalized spacial score (nSPS) is 16.2. The van der Waals surface area contributed by atoms with Crippen LogP contribution in [0.15, 0.2) is 36.8 Å². The number of aryl methyl sites for hydroxylation is 2. The first-order valence-electron chi connectivity index (χ1n) is 8.78. The average Bonchev–Trinajstić information content (AvgIpc) is 3.20. The molecule has 1 aliphatic rings. The van der Waals surface area contributed by atoms with Crippen molar-refractivity contribution in [2.45, 2.75) is 38.9 Å². The number of rotatable bonds is 4. The molecule has 0 fully saturated rings. The Kier molecular flexibility index (Phi) is 4.47. The summed E-state index contributed by atoms with van der Waals surface area (Å²) in [6.07, 6.45) is 6.63. The minimum atomic E-state index is -0.633. The van der Waals surface area contributed by atoms with Gasteiger partial charge in [0.15, 0.2) is 0 Å². The number of nitrogens with zero attached hydrogens (tertiary/aromatic N) is 4. The first kappa shape index (κ1) is 17.4. The topological polar surface area (TPSA) is 64.7 Å². The van der Waals surface area contributed by atoms with Gasteiger partial charge in [-0.15, -0.1) is 0 Å². The van der Waals surface area contributed by atoms with Gasteiger partial charge in [-0.1, -0.05) is 0 Å². The van der Waals surface area contributed by atoms with Crippen LogP contribution in [0, 0.1) is 18.6 Å². The van der Waals surface area contributed by atoms with E-state index in [0.717, 1.165) is 24.1 Å². The summed E-state index contributed by atoms with van der Waals surface area (Å²) in [7, 11) is 0. The molecule has 3 heterocycles. The fourth-order valence-electron chi connectivity index (χ4n) is 3.39. The Morgan fingerprint density at radius 1 is 1.37 bits per heavy atom. The number of amides is 1. The number of fused-ring (bicyclic) bond motifs is 1. The Balaban J connectivity index is 1.45. The molecule has 0 spiro atoms.